The number of nitrogens with one attached hydrogen (secondary N) is 1. The van der Waals surface area contributed by atoms with Crippen molar-refractivity contribution < 1.29 is 4.79 Å². The maximum atomic E-state index is 12.6. The minimum Gasteiger partial charge on any atom is -0.349 e. The van der Waals surface area contributed by atoms with E-state index in [1.54, 1.807) is 0 Å². The maximum absolute atomic E-state index is 12.6. The molecule has 2 nitrogen and oxygen atoms in total. The van der Waals surface area contributed by atoms with Gasteiger partial charge in [0.15, 0.2) is 0 Å². The van der Waals surface area contributed by atoms with Gasteiger partial charge in [0.2, 0.25) is 0 Å². The molecule has 1 aromatic carbocycles. The molecule has 2 heteroatoms. The fourth-order valence-electron chi connectivity index (χ4n) is 3.40. The Hall–Kier alpha value is -1.31. The van der Waals surface area contributed by atoms with Crippen LogP contribution in [0.3, 0.4) is 0 Å². The molecule has 0 unspecified atom stereocenters. The summed E-state index contributed by atoms with van der Waals surface area (Å²) in [4.78, 5) is 12.6. The van der Waals surface area contributed by atoms with E-state index in [9.17, 15) is 4.79 Å². The van der Waals surface area contributed by atoms with Crippen molar-refractivity contribution in [3.63, 3.8) is 0 Å². The van der Waals surface area contributed by atoms with Crippen LogP contribution < -0.4 is 5.32 Å². The zero-order valence-corrected chi connectivity index (χ0v) is 13.1. The molecular formula is C18H27NO. The lowest BCUT2D eigenvalue weighted by Crippen LogP contribution is -2.36. The van der Waals surface area contributed by atoms with Crippen LogP contribution in [-0.2, 0) is 0 Å². The molecule has 0 bridgehead atoms. The number of amides is 1. The third kappa shape index (κ3) is 3.84. The van der Waals surface area contributed by atoms with Gasteiger partial charge in [-0.25, -0.2) is 0 Å². The van der Waals surface area contributed by atoms with Crippen molar-refractivity contribution in [3.05, 3.63) is 34.4 Å². The van der Waals surface area contributed by atoms with Gasteiger partial charge in [0.05, 0.1) is 0 Å². The van der Waals surface area contributed by atoms with E-state index in [0.29, 0.717) is 6.04 Å². The van der Waals surface area contributed by atoms with Crippen LogP contribution in [0.15, 0.2) is 12.1 Å². The molecular weight excluding hydrogens is 246 g/mol. The quantitative estimate of drug-likeness (QED) is 0.847. The summed E-state index contributed by atoms with van der Waals surface area (Å²) >= 11 is 0. The second-order valence-electron chi connectivity index (χ2n) is 6.29. The molecule has 110 valence electrons. The molecule has 1 fully saturated rings. The minimum atomic E-state index is 0.116. The molecule has 1 aromatic rings. The summed E-state index contributed by atoms with van der Waals surface area (Å²) in [5.41, 5.74) is 4.27. The predicted molar refractivity (Wildman–Crippen MR) is 84.2 cm³/mol. The topological polar surface area (TPSA) is 29.1 Å². The van der Waals surface area contributed by atoms with Gasteiger partial charge in [-0.15, -0.1) is 0 Å². The summed E-state index contributed by atoms with van der Waals surface area (Å²) in [6, 6.07) is 4.56. The SMILES string of the molecule is Cc1cc(C)c(C(=O)NC2CCCCCCC2)c(C)c1. The number of carbonyl (C=O) groups is 1. The fourth-order valence-corrected chi connectivity index (χ4v) is 3.40. The van der Waals surface area contributed by atoms with Gasteiger partial charge in [-0.3, -0.25) is 4.79 Å². The highest BCUT2D eigenvalue weighted by Crippen LogP contribution is 2.20. The minimum absolute atomic E-state index is 0.116. The molecule has 1 N–H and O–H groups in total. The number of hydrogen-bond acceptors (Lipinski definition) is 1. The first kappa shape index (κ1) is 15.1. The molecule has 0 aromatic heterocycles. The van der Waals surface area contributed by atoms with Crippen molar-refractivity contribution in [1.29, 1.82) is 0 Å². The summed E-state index contributed by atoms with van der Waals surface area (Å²) in [5, 5.41) is 3.27. The molecule has 1 amide bonds. The van der Waals surface area contributed by atoms with Crippen LogP contribution in [0.25, 0.3) is 0 Å². The molecule has 20 heavy (non-hydrogen) atoms. The second kappa shape index (κ2) is 6.92. The molecule has 0 radical (unpaired) electrons. The van der Waals surface area contributed by atoms with E-state index in [0.717, 1.165) is 29.5 Å². The van der Waals surface area contributed by atoms with Crippen molar-refractivity contribution in [2.24, 2.45) is 0 Å². The van der Waals surface area contributed by atoms with Gasteiger partial charge in [-0.1, -0.05) is 49.8 Å². The largest absolute Gasteiger partial charge is 0.349 e. The van der Waals surface area contributed by atoms with Crippen LogP contribution in [0, 0.1) is 20.8 Å². The lowest BCUT2D eigenvalue weighted by atomic mass is 9.95. The number of hydrogen-bond donors (Lipinski definition) is 1. The lowest BCUT2D eigenvalue weighted by Gasteiger charge is -2.22. The molecule has 2 rings (SSSR count). The van der Waals surface area contributed by atoms with E-state index in [-0.39, 0.29) is 5.91 Å². The van der Waals surface area contributed by atoms with Crippen molar-refractivity contribution in [1.82, 2.24) is 5.32 Å². The second-order valence-corrected chi connectivity index (χ2v) is 6.29. The van der Waals surface area contributed by atoms with Crippen LogP contribution >= 0.6 is 0 Å². The van der Waals surface area contributed by atoms with E-state index >= 15 is 0 Å². The average molecular weight is 273 g/mol. The Bertz CT molecular complexity index is 447. The zero-order chi connectivity index (χ0) is 14.5. The first-order valence-corrected chi connectivity index (χ1v) is 7.96. The Balaban J connectivity index is 2.07. The summed E-state index contributed by atoms with van der Waals surface area (Å²) in [6.45, 7) is 6.15. The Morgan fingerprint density at radius 2 is 1.45 bits per heavy atom. The van der Waals surface area contributed by atoms with Crippen LogP contribution in [0.1, 0.15) is 72.0 Å². The Labute approximate surface area is 123 Å². The third-order valence-corrected chi connectivity index (χ3v) is 4.34. The van der Waals surface area contributed by atoms with Gasteiger partial charge in [0.25, 0.3) is 5.91 Å². The fraction of sp³-hybridized carbons (Fsp3) is 0.611. The first-order valence-electron chi connectivity index (χ1n) is 7.96. The van der Waals surface area contributed by atoms with Gasteiger partial charge in [-0.05, 0) is 44.7 Å². The molecule has 1 saturated carbocycles. The normalized spacial score (nSPS) is 17.4. The van der Waals surface area contributed by atoms with Crippen molar-refractivity contribution in [2.45, 2.75) is 71.8 Å². The first-order chi connectivity index (χ1) is 9.58. The third-order valence-electron chi connectivity index (χ3n) is 4.34. The molecule has 0 heterocycles. The summed E-state index contributed by atoms with van der Waals surface area (Å²) in [7, 11) is 0. The number of rotatable bonds is 2. The van der Waals surface area contributed by atoms with Gasteiger partial charge < -0.3 is 5.32 Å². The lowest BCUT2D eigenvalue weighted by molar-refractivity contribution is 0.0929. The molecule has 0 spiro atoms. The molecule has 1 aliphatic carbocycles. The Morgan fingerprint density at radius 1 is 0.950 bits per heavy atom. The van der Waals surface area contributed by atoms with E-state index in [4.69, 9.17) is 0 Å². The standard InChI is InChI=1S/C18H27NO/c1-13-11-14(2)17(15(3)12-13)18(20)19-16-9-7-5-4-6-8-10-16/h11-12,16H,4-10H2,1-3H3,(H,19,20). The summed E-state index contributed by atoms with van der Waals surface area (Å²) < 4.78 is 0. The van der Waals surface area contributed by atoms with Gasteiger partial charge in [-0.2, -0.15) is 0 Å². The van der Waals surface area contributed by atoms with Crippen molar-refractivity contribution >= 4 is 5.91 Å². The maximum Gasteiger partial charge on any atom is 0.252 e. The van der Waals surface area contributed by atoms with Crippen molar-refractivity contribution in [3.8, 4) is 0 Å². The summed E-state index contributed by atoms with van der Waals surface area (Å²) in [6.07, 6.45) is 8.75. The average Bonchev–Trinajstić information content (AvgIpc) is 2.31. The van der Waals surface area contributed by atoms with E-state index in [1.807, 2.05) is 13.8 Å². The van der Waals surface area contributed by atoms with E-state index in [1.165, 1.54) is 37.7 Å². The number of carbonyl (C=O) groups excluding carboxylic acids is 1. The van der Waals surface area contributed by atoms with Crippen LogP contribution in [0.2, 0.25) is 0 Å². The number of aryl methyl sites for hydroxylation is 3. The molecule has 1 aliphatic rings. The number of benzene rings is 1. The van der Waals surface area contributed by atoms with Crippen LogP contribution in [0.5, 0.6) is 0 Å². The smallest absolute Gasteiger partial charge is 0.252 e. The molecule has 0 aliphatic heterocycles. The van der Waals surface area contributed by atoms with E-state index in [2.05, 4.69) is 24.4 Å². The highest BCUT2D eigenvalue weighted by atomic mass is 16.1. The zero-order valence-electron chi connectivity index (χ0n) is 13.1. The van der Waals surface area contributed by atoms with E-state index < -0.39 is 0 Å². The highest BCUT2D eigenvalue weighted by molar-refractivity contribution is 5.97. The van der Waals surface area contributed by atoms with Crippen LogP contribution in [-0.4, -0.2) is 11.9 Å². The Kier molecular flexibility index (Phi) is 5.22. The van der Waals surface area contributed by atoms with Crippen LogP contribution in [0.4, 0.5) is 0 Å². The Morgan fingerprint density at radius 3 is 2.00 bits per heavy atom. The van der Waals surface area contributed by atoms with Crippen molar-refractivity contribution in [2.75, 3.05) is 0 Å². The predicted octanol–water partition coefficient (Wildman–Crippen LogP) is 4.45. The van der Waals surface area contributed by atoms with Gasteiger partial charge in [0.1, 0.15) is 0 Å². The highest BCUT2D eigenvalue weighted by Gasteiger charge is 2.18. The molecule has 0 atom stereocenters. The summed E-state index contributed by atoms with van der Waals surface area (Å²) in [5.74, 6) is 0.116. The monoisotopic (exact) mass is 273 g/mol. The van der Waals surface area contributed by atoms with Gasteiger partial charge in [0, 0.05) is 11.6 Å². The molecule has 0 saturated heterocycles. The van der Waals surface area contributed by atoms with Gasteiger partial charge >= 0.3 is 0 Å².